The van der Waals surface area contributed by atoms with E-state index in [4.69, 9.17) is 11.6 Å². The van der Waals surface area contributed by atoms with E-state index in [0.717, 1.165) is 19.2 Å². The molecule has 2 nitrogen and oxygen atoms in total. The molecule has 0 aliphatic carbocycles. The lowest BCUT2D eigenvalue weighted by Gasteiger charge is -2.09. The van der Waals surface area contributed by atoms with Crippen LogP contribution in [0.4, 0.5) is 0 Å². The molecule has 1 aromatic carbocycles. The van der Waals surface area contributed by atoms with E-state index in [2.05, 4.69) is 38.5 Å². The van der Waals surface area contributed by atoms with Crippen molar-refractivity contribution in [1.29, 1.82) is 0 Å². The van der Waals surface area contributed by atoms with Crippen LogP contribution in [0.15, 0.2) is 39.7 Å². The molecule has 18 heavy (non-hydrogen) atoms. The van der Waals surface area contributed by atoms with E-state index in [1.807, 2.05) is 31.3 Å². The van der Waals surface area contributed by atoms with Crippen molar-refractivity contribution in [3.05, 3.63) is 65.0 Å². The van der Waals surface area contributed by atoms with E-state index in [1.165, 1.54) is 0 Å². The van der Waals surface area contributed by atoms with Gasteiger partial charge in [0, 0.05) is 25.3 Å². The highest BCUT2D eigenvalue weighted by Gasteiger charge is 2.05. The van der Waals surface area contributed by atoms with E-state index < -0.39 is 0 Å². The van der Waals surface area contributed by atoms with Crippen LogP contribution in [0.5, 0.6) is 0 Å². The first-order valence-corrected chi connectivity index (χ1v) is 7.53. The maximum Gasteiger partial charge on any atom is 0.251 e. The van der Waals surface area contributed by atoms with E-state index in [9.17, 15) is 4.79 Å². The fourth-order valence-electron chi connectivity index (χ4n) is 1.60. The Kier molecular flexibility index (Phi) is 4.50. The van der Waals surface area contributed by atoms with Gasteiger partial charge in [0.25, 0.3) is 5.56 Å². The molecule has 1 heterocycles. The van der Waals surface area contributed by atoms with Gasteiger partial charge in [0.15, 0.2) is 0 Å². The summed E-state index contributed by atoms with van der Waals surface area (Å²) in [6.07, 6.45) is 1.86. The zero-order valence-corrected chi connectivity index (χ0v) is 14.1. The highest BCUT2D eigenvalue weighted by Crippen LogP contribution is 2.22. The third kappa shape index (κ3) is 3.16. The summed E-state index contributed by atoms with van der Waals surface area (Å²) in [6.45, 7) is 2.42. The topological polar surface area (TPSA) is 22.0 Å². The van der Waals surface area contributed by atoms with Crippen molar-refractivity contribution in [3.63, 3.8) is 0 Å². The molecule has 2 rings (SSSR count). The highest BCUT2D eigenvalue weighted by atomic mass is 127. The summed E-state index contributed by atoms with van der Waals surface area (Å²) in [5, 5.41) is 0.659. The minimum absolute atomic E-state index is 0.00750. The number of halogens is 3. The lowest BCUT2D eigenvalue weighted by molar-refractivity contribution is 0.753. The first-order valence-electron chi connectivity index (χ1n) is 5.28. The van der Waals surface area contributed by atoms with Gasteiger partial charge in [-0.25, -0.2) is 0 Å². The van der Waals surface area contributed by atoms with Crippen molar-refractivity contribution in [2.24, 2.45) is 0 Å². The molecule has 0 bridgehead atoms. The number of pyridine rings is 1. The van der Waals surface area contributed by atoms with Crippen molar-refractivity contribution in [3.8, 4) is 0 Å². The number of aromatic nitrogens is 1. The molecule has 0 saturated carbocycles. The minimum Gasteiger partial charge on any atom is -0.310 e. The number of rotatable bonds is 2. The Morgan fingerprint density at radius 1 is 1.39 bits per heavy atom. The smallest absolute Gasteiger partial charge is 0.251 e. The molecule has 0 unspecified atom stereocenters. The molecular weight excluding hydrogens is 428 g/mol. The predicted octanol–water partition coefficient (Wildman–Crippen LogP) is 4.23. The van der Waals surface area contributed by atoms with Gasteiger partial charge in [-0.3, -0.25) is 4.79 Å². The average Bonchev–Trinajstić information content (AvgIpc) is 2.29. The zero-order valence-electron chi connectivity index (χ0n) is 9.58. The van der Waals surface area contributed by atoms with Crippen LogP contribution in [0.2, 0.25) is 5.02 Å². The molecule has 0 atom stereocenters. The van der Waals surface area contributed by atoms with Crippen LogP contribution in [0, 0.1) is 10.5 Å². The maximum absolute atomic E-state index is 11.9. The van der Waals surface area contributed by atoms with Crippen LogP contribution in [0.3, 0.4) is 0 Å². The third-order valence-electron chi connectivity index (χ3n) is 2.62. The normalized spacial score (nSPS) is 10.7. The van der Waals surface area contributed by atoms with Crippen molar-refractivity contribution in [2.45, 2.75) is 13.5 Å². The second kappa shape index (κ2) is 5.75. The Morgan fingerprint density at radius 2 is 2.11 bits per heavy atom. The summed E-state index contributed by atoms with van der Waals surface area (Å²) < 4.78 is 3.67. The highest BCUT2D eigenvalue weighted by molar-refractivity contribution is 14.1. The van der Waals surface area contributed by atoms with Crippen LogP contribution in [-0.4, -0.2) is 4.57 Å². The van der Waals surface area contributed by atoms with E-state index >= 15 is 0 Å². The van der Waals surface area contributed by atoms with Gasteiger partial charge in [-0.2, -0.15) is 0 Å². The van der Waals surface area contributed by atoms with Crippen molar-refractivity contribution in [2.75, 3.05) is 0 Å². The number of aryl methyl sites for hydroxylation is 1. The molecule has 94 valence electrons. The number of hydrogen-bond donors (Lipinski definition) is 0. The number of benzene rings is 1. The molecule has 0 amide bonds. The number of nitrogens with zero attached hydrogens (tertiary/aromatic N) is 1. The van der Waals surface area contributed by atoms with Crippen LogP contribution < -0.4 is 5.56 Å². The Hall–Kier alpha value is -0.330. The molecule has 0 saturated heterocycles. The van der Waals surface area contributed by atoms with Gasteiger partial charge in [0.2, 0.25) is 0 Å². The van der Waals surface area contributed by atoms with Crippen molar-refractivity contribution >= 4 is 50.1 Å². The molecule has 5 heteroatoms. The first-order chi connectivity index (χ1) is 8.47. The van der Waals surface area contributed by atoms with E-state index in [-0.39, 0.29) is 5.56 Å². The second-order valence-corrected chi connectivity index (χ2v) is 6.49. The summed E-state index contributed by atoms with van der Waals surface area (Å²) in [6, 6.07) is 7.33. The van der Waals surface area contributed by atoms with Gasteiger partial charge in [0.1, 0.15) is 0 Å². The molecule has 2 aromatic rings. The van der Waals surface area contributed by atoms with E-state index in [0.29, 0.717) is 11.6 Å². The summed E-state index contributed by atoms with van der Waals surface area (Å²) in [5.41, 5.74) is 1.92. The Balaban J connectivity index is 2.40. The van der Waals surface area contributed by atoms with Crippen LogP contribution in [0.1, 0.15) is 11.1 Å². The maximum atomic E-state index is 11.9. The summed E-state index contributed by atoms with van der Waals surface area (Å²) in [7, 11) is 0. The van der Waals surface area contributed by atoms with Crippen molar-refractivity contribution in [1.82, 2.24) is 4.57 Å². The van der Waals surface area contributed by atoms with Crippen LogP contribution in [0.25, 0.3) is 0 Å². The molecule has 0 radical (unpaired) electrons. The summed E-state index contributed by atoms with van der Waals surface area (Å²) in [5.74, 6) is 0. The van der Waals surface area contributed by atoms with Gasteiger partial charge in [-0.05, 0) is 52.8 Å². The lowest BCUT2D eigenvalue weighted by Crippen LogP contribution is -2.20. The minimum atomic E-state index is -0.00750. The molecule has 0 aliphatic heterocycles. The monoisotopic (exact) mass is 437 g/mol. The fourth-order valence-corrected chi connectivity index (χ4v) is 2.82. The number of hydrogen-bond acceptors (Lipinski definition) is 1. The average molecular weight is 438 g/mol. The quantitative estimate of drug-likeness (QED) is 0.644. The zero-order chi connectivity index (χ0) is 13.3. The van der Waals surface area contributed by atoms with Gasteiger partial charge >= 0.3 is 0 Å². The van der Waals surface area contributed by atoms with Gasteiger partial charge in [-0.1, -0.05) is 33.6 Å². The molecule has 0 aliphatic rings. The van der Waals surface area contributed by atoms with Gasteiger partial charge in [0.05, 0.1) is 6.54 Å². The first kappa shape index (κ1) is 14.1. The summed E-state index contributed by atoms with van der Waals surface area (Å²) in [4.78, 5) is 11.9. The SMILES string of the molecule is Cc1cc(=O)n(Cc2ccc(Br)cc2Cl)cc1I. The second-order valence-electron chi connectivity index (χ2n) is 4.01. The Labute approximate surface area is 132 Å². The predicted molar refractivity (Wildman–Crippen MR) is 86.4 cm³/mol. The molecule has 0 fully saturated rings. The Bertz CT molecular complexity index is 654. The third-order valence-corrected chi connectivity index (χ3v) is 4.60. The summed E-state index contributed by atoms with van der Waals surface area (Å²) >= 11 is 11.7. The Morgan fingerprint density at radius 3 is 2.78 bits per heavy atom. The molecular formula is C13H10BrClINO. The molecule has 0 N–H and O–H groups in total. The van der Waals surface area contributed by atoms with Crippen LogP contribution >= 0.6 is 50.1 Å². The van der Waals surface area contributed by atoms with Gasteiger partial charge in [-0.15, -0.1) is 0 Å². The fraction of sp³-hybridized carbons (Fsp3) is 0.154. The molecule has 0 spiro atoms. The van der Waals surface area contributed by atoms with Crippen LogP contribution in [-0.2, 0) is 6.54 Å². The standard InChI is InChI=1S/C13H10BrClINO/c1-8-4-13(18)17(7-12(8)16)6-9-2-3-10(14)5-11(9)15/h2-5,7H,6H2,1H3. The van der Waals surface area contributed by atoms with Crippen molar-refractivity contribution < 1.29 is 0 Å². The largest absolute Gasteiger partial charge is 0.310 e. The molecule has 1 aromatic heterocycles. The lowest BCUT2D eigenvalue weighted by atomic mass is 10.2. The van der Waals surface area contributed by atoms with Gasteiger partial charge < -0.3 is 4.57 Å². The van der Waals surface area contributed by atoms with E-state index in [1.54, 1.807) is 10.6 Å².